The molecule has 6 nitrogen and oxygen atoms in total. The van der Waals surface area contributed by atoms with Crippen LogP contribution >= 0.6 is 11.6 Å². The summed E-state index contributed by atoms with van der Waals surface area (Å²) in [5.41, 5.74) is 2.65. The Morgan fingerprint density at radius 3 is 2.71 bits per heavy atom. The third-order valence-electron chi connectivity index (χ3n) is 5.26. The number of morpholine rings is 1. The van der Waals surface area contributed by atoms with Crippen molar-refractivity contribution in [3.05, 3.63) is 82.4 Å². The highest BCUT2D eigenvalue weighted by Gasteiger charge is 2.24. The van der Waals surface area contributed by atoms with Gasteiger partial charge in [0.2, 0.25) is 0 Å². The first-order valence-electron chi connectivity index (χ1n) is 10.2. The molecule has 3 aromatic rings. The van der Waals surface area contributed by atoms with Gasteiger partial charge in [0.15, 0.2) is 0 Å². The van der Waals surface area contributed by atoms with E-state index in [0.717, 1.165) is 19.6 Å². The summed E-state index contributed by atoms with van der Waals surface area (Å²) in [4.78, 5) is 15.1. The predicted molar refractivity (Wildman–Crippen MR) is 117 cm³/mol. The predicted octanol–water partition coefficient (Wildman–Crippen LogP) is 3.60. The molecule has 1 atom stereocenters. The minimum absolute atomic E-state index is 0.104. The molecule has 0 saturated carbocycles. The van der Waals surface area contributed by atoms with Gasteiger partial charge in [0, 0.05) is 26.2 Å². The van der Waals surface area contributed by atoms with E-state index in [2.05, 4.69) is 27.4 Å². The lowest BCUT2D eigenvalue weighted by atomic mass is 10.2. The van der Waals surface area contributed by atoms with E-state index in [-0.39, 0.29) is 23.0 Å². The Hall–Kier alpha value is -2.74. The van der Waals surface area contributed by atoms with Crippen LogP contribution < -0.4 is 5.32 Å². The minimum atomic E-state index is -0.351. The summed E-state index contributed by atoms with van der Waals surface area (Å²) in [5.74, 6) is -0.657. The third kappa shape index (κ3) is 5.12. The largest absolute Gasteiger partial charge is 0.374 e. The quantitative estimate of drug-likeness (QED) is 0.633. The third-order valence-corrected chi connectivity index (χ3v) is 5.61. The Kier molecular flexibility index (Phi) is 6.65. The van der Waals surface area contributed by atoms with E-state index in [4.69, 9.17) is 16.3 Å². The molecular formula is C23H24ClFN4O2. The highest BCUT2D eigenvalue weighted by Crippen LogP contribution is 2.23. The zero-order chi connectivity index (χ0) is 21.8. The molecule has 2 aromatic carbocycles. The average molecular weight is 443 g/mol. The van der Waals surface area contributed by atoms with Crippen LogP contribution in [0, 0.1) is 12.7 Å². The fourth-order valence-electron chi connectivity index (χ4n) is 3.69. The molecule has 8 heteroatoms. The first-order chi connectivity index (χ1) is 15.0. The molecule has 162 valence electrons. The summed E-state index contributed by atoms with van der Waals surface area (Å²) in [6.07, 6.45) is -0.104. The van der Waals surface area contributed by atoms with E-state index in [1.54, 1.807) is 19.1 Å². The first-order valence-corrected chi connectivity index (χ1v) is 10.6. The minimum Gasteiger partial charge on any atom is -0.374 e. The Morgan fingerprint density at radius 2 is 1.97 bits per heavy atom. The summed E-state index contributed by atoms with van der Waals surface area (Å²) < 4.78 is 20.5. The summed E-state index contributed by atoms with van der Waals surface area (Å²) in [6.45, 7) is 5.16. The molecule has 0 bridgehead atoms. The second kappa shape index (κ2) is 9.60. The molecule has 1 N–H and O–H groups in total. The lowest BCUT2D eigenvalue weighted by molar-refractivity contribution is -0.0292. The topological polar surface area (TPSA) is 59.4 Å². The molecule has 1 aliphatic rings. The number of benzene rings is 2. The Bertz CT molecular complexity index is 1040. The molecule has 0 spiro atoms. The Balaban J connectivity index is 1.38. The van der Waals surface area contributed by atoms with Gasteiger partial charge < -0.3 is 10.1 Å². The van der Waals surface area contributed by atoms with Crippen LogP contribution in [0.25, 0.3) is 5.69 Å². The van der Waals surface area contributed by atoms with E-state index in [1.807, 2.05) is 18.2 Å². The molecular weight excluding hydrogens is 419 g/mol. The van der Waals surface area contributed by atoms with Crippen molar-refractivity contribution in [1.82, 2.24) is 20.0 Å². The highest BCUT2D eigenvalue weighted by molar-refractivity contribution is 6.33. The van der Waals surface area contributed by atoms with Gasteiger partial charge in [-0.25, -0.2) is 9.07 Å². The molecule has 0 radical (unpaired) electrons. The zero-order valence-corrected chi connectivity index (χ0v) is 18.0. The molecule has 0 aliphatic carbocycles. The van der Waals surface area contributed by atoms with Crippen LogP contribution in [0.3, 0.4) is 0 Å². The van der Waals surface area contributed by atoms with Crippen molar-refractivity contribution in [2.75, 3.05) is 26.2 Å². The van der Waals surface area contributed by atoms with Crippen molar-refractivity contribution in [2.24, 2.45) is 0 Å². The number of nitrogens with one attached hydrogen (secondary N) is 1. The van der Waals surface area contributed by atoms with Gasteiger partial charge in [0.1, 0.15) is 11.0 Å². The number of rotatable bonds is 6. The molecule has 1 fully saturated rings. The zero-order valence-electron chi connectivity index (χ0n) is 17.2. The number of carbonyl (C=O) groups excluding carboxylic acids is 1. The maximum Gasteiger partial charge on any atom is 0.256 e. The monoisotopic (exact) mass is 442 g/mol. The van der Waals surface area contributed by atoms with Crippen molar-refractivity contribution in [3.63, 3.8) is 0 Å². The van der Waals surface area contributed by atoms with Gasteiger partial charge in [-0.1, -0.05) is 41.9 Å². The lowest BCUT2D eigenvalue weighted by Gasteiger charge is -2.33. The summed E-state index contributed by atoms with van der Waals surface area (Å²) in [7, 11) is 0. The molecule has 31 heavy (non-hydrogen) atoms. The van der Waals surface area contributed by atoms with Crippen LogP contribution in [-0.4, -0.2) is 52.9 Å². The lowest BCUT2D eigenvalue weighted by Crippen LogP contribution is -2.47. The second-order valence-corrected chi connectivity index (χ2v) is 7.92. The average Bonchev–Trinajstić information content (AvgIpc) is 3.07. The number of aromatic nitrogens is 2. The number of amides is 1. The number of carbonyl (C=O) groups is 1. The number of aryl methyl sites for hydroxylation is 1. The van der Waals surface area contributed by atoms with Crippen molar-refractivity contribution in [3.8, 4) is 5.69 Å². The van der Waals surface area contributed by atoms with Crippen LogP contribution in [0.2, 0.25) is 5.15 Å². The smallest absolute Gasteiger partial charge is 0.256 e. The van der Waals surface area contributed by atoms with Crippen LogP contribution in [0.1, 0.15) is 21.6 Å². The Labute approximate surface area is 185 Å². The Morgan fingerprint density at radius 1 is 1.23 bits per heavy atom. The van der Waals surface area contributed by atoms with E-state index >= 15 is 0 Å². The molecule has 1 aromatic heterocycles. The number of hydrogen-bond donors (Lipinski definition) is 1. The SMILES string of the molecule is Cc1nn(-c2ccc(F)cc2)c(Cl)c1C(=O)NCC1CN(Cc2ccccc2)CCO1. The second-order valence-electron chi connectivity index (χ2n) is 7.56. The highest BCUT2D eigenvalue weighted by atomic mass is 35.5. The fourth-order valence-corrected chi connectivity index (χ4v) is 4.05. The summed E-state index contributed by atoms with van der Waals surface area (Å²) in [6, 6.07) is 16.1. The van der Waals surface area contributed by atoms with E-state index < -0.39 is 0 Å². The van der Waals surface area contributed by atoms with Crippen LogP contribution in [-0.2, 0) is 11.3 Å². The molecule has 2 heterocycles. The van der Waals surface area contributed by atoms with E-state index in [1.165, 1.54) is 22.4 Å². The number of nitrogens with zero attached hydrogens (tertiary/aromatic N) is 3. The van der Waals surface area contributed by atoms with Crippen molar-refractivity contribution < 1.29 is 13.9 Å². The molecule has 1 amide bonds. The number of ether oxygens (including phenoxy) is 1. The molecule has 1 unspecified atom stereocenters. The maximum atomic E-state index is 13.2. The van der Waals surface area contributed by atoms with Gasteiger partial charge in [-0.3, -0.25) is 9.69 Å². The van der Waals surface area contributed by atoms with Crippen LogP contribution in [0.5, 0.6) is 0 Å². The molecule has 4 rings (SSSR count). The first kappa shape index (κ1) is 21.5. The normalized spacial score (nSPS) is 16.9. The van der Waals surface area contributed by atoms with Crippen molar-refractivity contribution in [1.29, 1.82) is 0 Å². The van der Waals surface area contributed by atoms with Gasteiger partial charge in [0.25, 0.3) is 5.91 Å². The van der Waals surface area contributed by atoms with Gasteiger partial charge in [-0.2, -0.15) is 5.10 Å². The number of halogens is 2. The summed E-state index contributed by atoms with van der Waals surface area (Å²) in [5, 5.41) is 7.46. The van der Waals surface area contributed by atoms with Crippen molar-refractivity contribution in [2.45, 2.75) is 19.6 Å². The van der Waals surface area contributed by atoms with Crippen LogP contribution in [0.4, 0.5) is 4.39 Å². The van der Waals surface area contributed by atoms with Gasteiger partial charge in [0.05, 0.1) is 29.7 Å². The molecule has 1 saturated heterocycles. The van der Waals surface area contributed by atoms with E-state index in [0.29, 0.717) is 30.1 Å². The van der Waals surface area contributed by atoms with Crippen molar-refractivity contribution >= 4 is 17.5 Å². The number of hydrogen-bond acceptors (Lipinski definition) is 4. The van der Waals surface area contributed by atoms with E-state index in [9.17, 15) is 9.18 Å². The van der Waals surface area contributed by atoms with Gasteiger partial charge in [-0.05, 0) is 36.8 Å². The molecule has 1 aliphatic heterocycles. The van der Waals surface area contributed by atoms with Gasteiger partial charge >= 0.3 is 0 Å². The maximum absolute atomic E-state index is 13.2. The summed E-state index contributed by atoms with van der Waals surface area (Å²) >= 11 is 6.44. The fraction of sp³-hybridized carbons (Fsp3) is 0.304. The van der Waals surface area contributed by atoms with Crippen LogP contribution in [0.15, 0.2) is 54.6 Å². The van der Waals surface area contributed by atoms with Gasteiger partial charge in [-0.15, -0.1) is 0 Å². The standard InChI is InChI=1S/C23H24ClFN4O2/c1-16-21(22(24)29(27-16)19-9-7-18(25)8-10-19)23(30)26-13-20-15-28(11-12-31-20)14-17-5-3-2-4-6-17/h2-10,20H,11-15H2,1H3,(H,26,30).